The van der Waals surface area contributed by atoms with Crippen LogP contribution < -0.4 is 9.44 Å². The number of halogens is 1. The smallest absolute Gasteiger partial charge is 0.247 e. The predicted molar refractivity (Wildman–Crippen MR) is 82.7 cm³/mol. The number of nitrogens with two attached hydrogens (primary N) is 1. The van der Waals surface area contributed by atoms with Gasteiger partial charge in [0.1, 0.15) is 5.00 Å². The molecule has 0 aliphatic heterocycles. The van der Waals surface area contributed by atoms with Crippen molar-refractivity contribution in [2.24, 2.45) is 11.1 Å². The van der Waals surface area contributed by atoms with Gasteiger partial charge >= 0.3 is 0 Å². The fraction of sp³-hybridized carbons (Fsp3) is 0.333. The molecule has 0 atom stereocenters. The van der Waals surface area contributed by atoms with E-state index in [-0.39, 0.29) is 0 Å². The molecule has 0 saturated heterocycles. The maximum absolute atomic E-state index is 11.8. The Balaban J connectivity index is 2.11. The van der Waals surface area contributed by atoms with Crippen LogP contribution in [0.3, 0.4) is 0 Å². The van der Waals surface area contributed by atoms with Crippen LogP contribution in [0.1, 0.15) is 12.8 Å². The van der Waals surface area contributed by atoms with Gasteiger partial charge in [0.2, 0.25) is 0 Å². The standard InChI is InChI=1S/C12H13BrN2O2S2/c13-11-9-3-1-2-4-10(9)18-12(11)15(19(14,16)17)7-8-5-6-8/h1-4,8H,5-7H2,(H2,14,16,17). The highest BCUT2D eigenvalue weighted by atomic mass is 79.9. The van der Waals surface area contributed by atoms with E-state index in [1.54, 1.807) is 0 Å². The summed E-state index contributed by atoms with van der Waals surface area (Å²) >= 11 is 4.95. The number of benzene rings is 1. The summed E-state index contributed by atoms with van der Waals surface area (Å²) in [5.74, 6) is 0.440. The molecular weight excluding hydrogens is 348 g/mol. The highest BCUT2D eigenvalue weighted by Gasteiger charge is 2.31. The fourth-order valence-electron chi connectivity index (χ4n) is 2.00. The third-order valence-electron chi connectivity index (χ3n) is 3.17. The second-order valence-electron chi connectivity index (χ2n) is 4.74. The molecule has 7 heteroatoms. The SMILES string of the molecule is NS(=O)(=O)N(CC1CC1)c1sc2ccccc2c1Br. The monoisotopic (exact) mass is 360 g/mol. The molecule has 1 heterocycles. The normalized spacial score (nSPS) is 15.9. The second-order valence-corrected chi connectivity index (χ2v) is 8.03. The zero-order valence-electron chi connectivity index (χ0n) is 10.0. The number of hydrogen-bond donors (Lipinski definition) is 1. The van der Waals surface area contributed by atoms with Crippen LogP contribution in [0, 0.1) is 5.92 Å². The summed E-state index contributed by atoms with van der Waals surface area (Å²) in [5, 5.41) is 7.06. The van der Waals surface area contributed by atoms with E-state index in [0.29, 0.717) is 17.5 Å². The summed E-state index contributed by atoms with van der Waals surface area (Å²) in [5.41, 5.74) is 0. The average molecular weight is 361 g/mol. The molecule has 1 aromatic carbocycles. The van der Waals surface area contributed by atoms with Gasteiger partial charge in [0, 0.05) is 16.6 Å². The molecule has 2 N–H and O–H groups in total. The molecule has 1 aliphatic carbocycles. The molecule has 0 amide bonds. The molecule has 1 fully saturated rings. The van der Waals surface area contributed by atoms with E-state index < -0.39 is 10.2 Å². The van der Waals surface area contributed by atoms with Crippen LogP contribution in [0.25, 0.3) is 10.1 Å². The Bertz CT molecular complexity index is 722. The third kappa shape index (κ3) is 2.65. The number of thiophene rings is 1. The number of hydrogen-bond acceptors (Lipinski definition) is 3. The fourth-order valence-corrected chi connectivity index (χ4v) is 5.23. The van der Waals surface area contributed by atoms with E-state index in [2.05, 4.69) is 15.9 Å². The van der Waals surface area contributed by atoms with Gasteiger partial charge in [0.05, 0.1) is 4.47 Å². The van der Waals surface area contributed by atoms with E-state index in [9.17, 15) is 8.42 Å². The average Bonchev–Trinajstić information content (AvgIpc) is 3.11. The Kier molecular flexibility index (Phi) is 3.33. The maximum Gasteiger partial charge on any atom is 0.299 e. The van der Waals surface area contributed by atoms with Gasteiger partial charge in [0.25, 0.3) is 10.2 Å². The number of fused-ring (bicyclic) bond motifs is 1. The van der Waals surface area contributed by atoms with Gasteiger partial charge in [-0.1, -0.05) is 18.2 Å². The second kappa shape index (κ2) is 4.73. The molecule has 19 heavy (non-hydrogen) atoms. The van der Waals surface area contributed by atoms with Crippen molar-refractivity contribution < 1.29 is 8.42 Å². The minimum atomic E-state index is -3.73. The van der Waals surface area contributed by atoms with Crippen molar-refractivity contribution in [2.75, 3.05) is 10.8 Å². The van der Waals surface area contributed by atoms with Crippen LogP contribution in [0.2, 0.25) is 0 Å². The summed E-state index contributed by atoms with van der Waals surface area (Å²) in [6.45, 7) is 0.476. The van der Waals surface area contributed by atoms with Crippen molar-refractivity contribution in [2.45, 2.75) is 12.8 Å². The van der Waals surface area contributed by atoms with Crippen LogP contribution in [0.5, 0.6) is 0 Å². The van der Waals surface area contributed by atoms with E-state index in [4.69, 9.17) is 5.14 Å². The molecule has 0 unspecified atom stereocenters. The summed E-state index contributed by atoms with van der Waals surface area (Å²) in [7, 11) is -3.73. The zero-order chi connectivity index (χ0) is 13.6. The molecule has 0 bridgehead atoms. The Hall–Kier alpha value is -0.630. The third-order valence-corrected chi connectivity index (χ3v) is 6.49. The van der Waals surface area contributed by atoms with E-state index in [0.717, 1.165) is 27.4 Å². The lowest BCUT2D eigenvalue weighted by Crippen LogP contribution is -2.37. The molecule has 1 saturated carbocycles. The van der Waals surface area contributed by atoms with Gasteiger partial charge in [-0.3, -0.25) is 0 Å². The molecule has 1 aromatic heterocycles. The lowest BCUT2D eigenvalue weighted by atomic mass is 10.3. The van der Waals surface area contributed by atoms with Gasteiger partial charge in [-0.2, -0.15) is 8.42 Å². The number of rotatable bonds is 4. The van der Waals surface area contributed by atoms with Crippen molar-refractivity contribution in [3.8, 4) is 0 Å². The molecule has 4 nitrogen and oxygen atoms in total. The van der Waals surface area contributed by atoms with Gasteiger partial charge < -0.3 is 0 Å². The van der Waals surface area contributed by atoms with Crippen LogP contribution in [0.15, 0.2) is 28.7 Å². The molecule has 3 rings (SSSR count). The van der Waals surface area contributed by atoms with Crippen molar-refractivity contribution >= 4 is 52.6 Å². The van der Waals surface area contributed by atoms with Gasteiger partial charge in [-0.05, 0) is 40.8 Å². The van der Waals surface area contributed by atoms with Crippen LogP contribution in [0.4, 0.5) is 5.00 Å². The number of anilines is 1. The highest BCUT2D eigenvalue weighted by Crippen LogP contribution is 2.44. The van der Waals surface area contributed by atoms with Gasteiger partial charge in [-0.25, -0.2) is 9.44 Å². The summed E-state index contributed by atoms with van der Waals surface area (Å²) in [6, 6.07) is 7.83. The quantitative estimate of drug-likeness (QED) is 0.910. The minimum Gasteiger partial charge on any atom is -0.247 e. The maximum atomic E-state index is 11.8. The molecule has 2 aromatic rings. The zero-order valence-corrected chi connectivity index (χ0v) is 13.3. The Morgan fingerprint density at radius 3 is 2.63 bits per heavy atom. The Morgan fingerprint density at radius 2 is 2.05 bits per heavy atom. The lowest BCUT2D eigenvalue weighted by molar-refractivity contribution is 0.590. The number of nitrogens with zero attached hydrogens (tertiary/aromatic N) is 1. The first-order valence-corrected chi connectivity index (χ1v) is 9.05. The molecule has 0 spiro atoms. The van der Waals surface area contributed by atoms with Gasteiger partial charge in [0.15, 0.2) is 0 Å². The lowest BCUT2D eigenvalue weighted by Gasteiger charge is -2.20. The van der Waals surface area contributed by atoms with E-state index in [1.165, 1.54) is 15.6 Å². The van der Waals surface area contributed by atoms with E-state index >= 15 is 0 Å². The van der Waals surface area contributed by atoms with E-state index in [1.807, 2.05) is 24.3 Å². The van der Waals surface area contributed by atoms with Crippen molar-refractivity contribution in [1.82, 2.24) is 0 Å². The summed E-state index contributed by atoms with van der Waals surface area (Å²) in [4.78, 5) is 0. The molecular formula is C12H13BrN2O2S2. The molecule has 0 radical (unpaired) electrons. The van der Waals surface area contributed by atoms with Crippen LogP contribution in [-0.2, 0) is 10.2 Å². The Labute approximate surface area is 124 Å². The summed E-state index contributed by atoms with van der Waals surface area (Å²) in [6.07, 6.45) is 2.16. The van der Waals surface area contributed by atoms with Crippen molar-refractivity contribution in [3.05, 3.63) is 28.7 Å². The minimum absolute atomic E-state index is 0.440. The predicted octanol–water partition coefficient (Wildman–Crippen LogP) is 3.08. The first kappa shape index (κ1) is 13.4. The van der Waals surface area contributed by atoms with Crippen LogP contribution in [-0.4, -0.2) is 15.0 Å². The van der Waals surface area contributed by atoms with Gasteiger partial charge in [-0.15, -0.1) is 11.3 Å². The first-order chi connectivity index (χ1) is 8.97. The largest absolute Gasteiger partial charge is 0.299 e. The van der Waals surface area contributed by atoms with Crippen LogP contribution >= 0.6 is 27.3 Å². The summed E-state index contributed by atoms with van der Waals surface area (Å²) < 4.78 is 26.8. The Morgan fingerprint density at radius 1 is 1.37 bits per heavy atom. The molecule has 1 aliphatic rings. The topological polar surface area (TPSA) is 63.4 Å². The first-order valence-electron chi connectivity index (χ1n) is 5.94. The highest BCUT2D eigenvalue weighted by molar-refractivity contribution is 9.10. The molecule has 102 valence electrons. The van der Waals surface area contributed by atoms with Crippen molar-refractivity contribution in [3.63, 3.8) is 0 Å². The van der Waals surface area contributed by atoms with Crippen molar-refractivity contribution in [1.29, 1.82) is 0 Å².